The van der Waals surface area contributed by atoms with Crippen LogP contribution in [0.2, 0.25) is 0 Å². The van der Waals surface area contributed by atoms with Crippen molar-refractivity contribution in [3.63, 3.8) is 0 Å². The molecule has 1 aliphatic carbocycles. The van der Waals surface area contributed by atoms with E-state index in [2.05, 4.69) is 274 Å². The molecule has 11 aromatic carbocycles. The quantitative estimate of drug-likeness (QED) is 0.106. The summed E-state index contributed by atoms with van der Waals surface area (Å²) < 4.78 is 6.41. The Kier molecular flexibility index (Phi) is 11.9. The molecule has 0 fully saturated rings. The summed E-state index contributed by atoms with van der Waals surface area (Å²) in [6, 6.07) is 99.7. The van der Waals surface area contributed by atoms with E-state index in [0.29, 0.717) is 5.92 Å². The number of hydrogen-bond acceptors (Lipinski definition) is 1. The molecule has 0 N–H and O–H groups in total. The second kappa shape index (κ2) is 19.5. The maximum Gasteiger partial charge on any atom is 0.135 e. The van der Waals surface area contributed by atoms with Crippen LogP contribution in [0.1, 0.15) is 86.7 Å². The second-order valence-electron chi connectivity index (χ2n) is 20.6. The van der Waals surface area contributed by atoms with Gasteiger partial charge < -0.3 is 4.42 Å². The topological polar surface area (TPSA) is 13.1 Å². The number of furan rings is 1. The molecule has 1 aliphatic rings. The molecule has 1 heteroatoms. The maximum atomic E-state index is 6.41. The fourth-order valence-corrected chi connectivity index (χ4v) is 12.8. The van der Waals surface area contributed by atoms with Gasteiger partial charge in [0, 0.05) is 10.8 Å². The molecular weight excluding hydrogens is 893 g/mol. The van der Waals surface area contributed by atoms with Crippen molar-refractivity contribution in [3.05, 3.63) is 323 Å². The molecule has 0 spiro atoms. The fraction of sp³-hybridized carbons (Fsp3) is 0.123. The Morgan fingerprint density at radius 1 is 0.392 bits per heavy atom. The SMILES string of the molecule is CC(c1ccc2c(c1)C(c1ccccc1)(c1ccccc1)c1cc(CCC(Cc3ccccc3)c3ccccc3)c3ccccc3c1-2)C(Cc1cccc(-c2ccccc2)c1)c1ccc2oc3ccccc3c2c1. The van der Waals surface area contributed by atoms with Gasteiger partial charge in [-0.3, -0.25) is 0 Å². The van der Waals surface area contributed by atoms with E-state index in [1.54, 1.807) is 0 Å². The molecular formula is C73H58O. The molecule has 1 aromatic heterocycles. The second-order valence-corrected chi connectivity index (χ2v) is 20.6. The lowest BCUT2D eigenvalue weighted by molar-refractivity contribution is 0.571. The summed E-state index contributed by atoms with van der Waals surface area (Å²) in [5.41, 5.74) is 19.9. The fourth-order valence-electron chi connectivity index (χ4n) is 12.8. The summed E-state index contributed by atoms with van der Waals surface area (Å²) in [7, 11) is 0. The van der Waals surface area contributed by atoms with Gasteiger partial charge in [0.05, 0.1) is 5.41 Å². The van der Waals surface area contributed by atoms with Crippen LogP contribution >= 0.6 is 0 Å². The Morgan fingerprint density at radius 3 is 1.70 bits per heavy atom. The van der Waals surface area contributed by atoms with E-state index in [1.807, 2.05) is 0 Å². The van der Waals surface area contributed by atoms with Gasteiger partial charge >= 0.3 is 0 Å². The van der Waals surface area contributed by atoms with Crippen molar-refractivity contribution >= 4 is 32.7 Å². The molecule has 74 heavy (non-hydrogen) atoms. The minimum Gasteiger partial charge on any atom is -0.456 e. The van der Waals surface area contributed by atoms with Gasteiger partial charge in [-0.25, -0.2) is 0 Å². The largest absolute Gasteiger partial charge is 0.456 e. The third-order valence-corrected chi connectivity index (χ3v) is 16.5. The predicted octanol–water partition coefficient (Wildman–Crippen LogP) is 18.9. The number of fused-ring (bicyclic) bond motifs is 8. The third-order valence-electron chi connectivity index (χ3n) is 16.5. The van der Waals surface area contributed by atoms with Crippen LogP contribution in [0.25, 0.3) is 55.0 Å². The molecule has 1 nitrogen and oxygen atoms in total. The molecule has 0 amide bonds. The monoisotopic (exact) mass is 950 g/mol. The minimum atomic E-state index is -0.571. The van der Waals surface area contributed by atoms with E-state index in [4.69, 9.17) is 4.42 Å². The van der Waals surface area contributed by atoms with Crippen molar-refractivity contribution in [2.75, 3.05) is 0 Å². The highest BCUT2D eigenvalue weighted by Gasteiger charge is 2.47. The van der Waals surface area contributed by atoms with E-state index < -0.39 is 5.41 Å². The molecule has 1 heterocycles. The van der Waals surface area contributed by atoms with Crippen LogP contribution in [0, 0.1) is 0 Å². The zero-order valence-electron chi connectivity index (χ0n) is 41.9. The molecule has 0 saturated heterocycles. The molecule has 0 radical (unpaired) electrons. The molecule has 3 unspecified atom stereocenters. The van der Waals surface area contributed by atoms with Crippen molar-refractivity contribution in [2.24, 2.45) is 0 Å². The highest BCUT2D eigenvalue weighted by Crippen LogP contribution is 2.59. The summed E-state index contributed by atoms with van der Waals surface area (Å²) in [4.78, 5) is 0. The van der Waals surface area contributed by atoms with E-state index in [0.717, 1.165) is 42.2 Å². The highest BCUT2D eigenvalue weighted by atomic mass is 16.3. The minimum absolute atomic E-state index is 0.149. The summed E-state index contributed by atoms with van der Waals surface area (Å²) in [6.07, 6.45) is 3.88. The first-order valence-corrected chi connectivity index (χ1v) is 26.6. The molecule has 356 valence electrons. The molecule has 0 bridgehead atoms. The molecule has 0 aliphatic heterocycles. The smallest absolute Gasteiger partial charge is 0.135 e. The van der Waals surface area contributed by atoms with Crippen LogP contribution in [0.5, 0.6) is 0 Å². The lowest BCUT2D eigenvalue weighted by Crippen LogP contribution is -2.29. The standard InChI is InChI=1S/C73H58O/c1-50(66(46-52-24-21-29-56(45-52)53-25-9-3-10-26-53)58-41-43-71-67(47-58)63-35-19-20-37-70(63)74-71)55-40-42-65-68(48-55)73(60-30-13-5-14-31-60,61-32-15-6-16-33-61)69-49-59(62-34-17-18-36-64(62)72(65)69)39-38-57(54-27-11-4-12-28-54)44-51-22-7-2-8-23-51/h2-37,40-43,45,47-50,57,66H,38-39,44,46H2,1H3. The zero-order chi connectivity index (χ0) is 49.4. The first kappa shape index (κ1) is 45.4. The molecule has 13 rings (SSSR count). The Morgan fingerprint density at radius 2 is 0.973 bits per heavy atom. The van der Waals surface area contributed by atoms with Gasteiger partial charge in [0.15, 0.2) is 0 Å². The predicted molar refractivity (Wildman–Crippen MR) is 309 cm³/mol. The van der Waals surface area contributed by atoms with Crippen molar-refractivity contribution in [1.29, 1.82) is 0 Å². The maximum absolute atomic E-state index is 6.41. The highest BCUT2D eigenvalue weighted by molar-refractivity contribution is 6.06. The van der Waals surface area contributed by atoms with E-state index in [1.165, 1.54) is 94.0 Å². The number of rotatable bonds is 14. The van der Waals surface area contributed by atoms with Crippen LogP contribution in [-0.2, 0) is 24.7 Å². The Labute approximate surface area is 435 Å². The van der Waals surface area contributed by atoms with E-state index in [9.17, 15) is 0 Å². The van der Waals surface area contributed by atoms with Crippen molar-refractivity contribution < 1.29 is 4.42 Å². The van der Waals surface area contributed by atoms with Gasteiger partial charge in [-0.1, -0.05) is 256 Å². The van der Waals surface area contributed by atoms with Crippen molar-refractivity contribution in [1.82, 2.24) is 0 Å². The van der Waals surface area contributed by atoms with Gasteiger partial charge in [-0.15, -0.1) is 0 Å². The summed E-state index contributed by atoms with van der Waals surface area (Å²) in [5.74, 6) is 0.683. The molecule has 12 aromatic rings. The van der Waals surface area contributed by atoms with Gasteiger partial charge in [0.2, 0.25) is 0 Å². The number of aryl methyl sites for hydroxylation is 1. The average Bonchev–Trinajstić information content (AvgIpc) is 4.02. The van der Waals surface area contributed by atoms with Crippen LogP contribution in [0.15, 0.2) is 271 Å². The van der Waals surface area contributed by atoms with Gasteiger partial charge in [0.1, 0.15) is 11.2 Å². The van der Waals surface area contributed by atoms with Crippen LogP contribution < -0.4 is 0 Å². The van der Waals surface area contributed by atoms with Crippen molar-refractivity contribution in [2.45, 2.75) is 55.8 Å². The summed E-state index contributed by atoms with van der Waals surface area (Å²) >= 11 is 0. The third kappa shape index (κ3) is 8.14. The zero-order valence-corrected chi connectivity index (χ0v) is 41.9. The Hall–Kier alpha value is -8.52. The molecule has 3 atom stereocenters. The summed E-state index contributed by atoms with van der Waals surface area (Å²) in [5, 5.41) is 5.00. The first-order chi connectivity index (χ1) is 36.6. The van der Waals surface area contributed by atoms with Crippen LogP contribution in [0.4, 0.5) is 0 Å². The lowest BCUT2D eigenvalue weighted by atomic mass is 9.66. The van der Waals surface area contributed by atoms with Crippen LogP contribution in [0.3, 0.4) is 0 Å². The summed E-state index contributed by atoms with van der Waals surface area (Å²) in [6.45, 7) is 2.46. The Bertz CT molecular complexity index is 3870. The Balaban J connectivity index is 0.978. The number of hydrogen-bond donors (Lipinski definition) is 0. The van der Waals surface area contributed by atoms with E-state index in [-0.39, 0.29) is 11.8 Å². The van der Waals surface area contributed by atoms with Gasteiger partial charge in [-0.05, 0) is 150 Å². The lowest BCUT2D eigenvalue weighted by Gasteiger charge is -2.35. The normalized spacial score (nSPS) is 13.9. The first-order valence-electron chi connectivity index (χ1n) is 26.6. The average molecular weight is 951 g/mol. The van der Waals surface area contributed by atoms with Gasteiger partial charge in [0.25, 0.3) is 0 Å². The number of para-hydroxylation sites is 1. The number of benzene rings is 11. The van der Waals surface area contributed by atoms with Crippen LogP contribution in [-0.4, -0.2) is 0 Å². The van der Waals surface area contributed by atoms with Gasteiger partial charge in [-0.2, -0.15) is 0 Å². The molecule has 0 saturated carbocycles. The van der Waals surface area contributed by atoms with E-state index >= 15 is 0 Å². The van der Waals surface area contributed by atoms with Crippen molar-refractivity contribution in [3.8, 4) is 22.3 Å².